The molecule has 108 valence electrons. The SMILES string of the molecule is CCCNCc1sc(C2(C)CCCO2)nc1CCC. The fourth-order valence-corrected chi connectivity index (χ4v) is 3.71. The maximum absolute atomic E-state index is 5.93. The maximum atomic E-state index is 5.93. The molecule has 0 spiro atoms. The molecule has 1 N–H and O–H groups in total. The number of hydrogen-bond acceptors (Lipinski definition) is 4. The van der Waals surface area contributed by atoms with Crippen LogP contribution in [0.15, 0.2) is 0 Å². The zero-order chi connectivity index (χ0) is 13.7. The van der Waals surface area contributed by atoms with Crippen LogP contribution in [0.1, 0.15) is 62.0 Å². The van der Waals surface area contributed by atoms with Crippen LogP contribution in [-0.2, 0) is 23.3 Å². The zero-order valence-electron chi connectivity index (χ0n) is 12.4. The molecule has 1 aliphatic heterocycles. The molecule has 1 fully saturated rings. The summed E-state index contributed by atoms with van der Waals surface area (Å²) in [6, 6.07) is 0. The van der Waals surface area contributed by atoms with Crippen LogP contribution in [0.5, 0.6) is 0 Å². The highest BCUT2D eigenvalue weighted by Gasteiger charge is 2.35. The average Bonchev–Trinajstić information content (AvgIpc) is 2.99. The quantitative estimate of drug-likeness (QED) is 0.776. The highest BCUT2D eigenvalue weighted by atomic mass is 32.1. The van der Waals surface area contributed by atoms with Crippen LogP contribution in [0.2, 0.25) is 0 Å². The van der Waals surface area contributed by atoms with Gasteiger partial charge in [-0.3, -0.25) is 0 Å². The minimum absolute atomic E-state index is 0.129. The van der Waals surface area contributed by atoms with Gasteiger partial charge in [-0.2, -0.15) is 0 Å². The minimum Gasteiger partial charge on any atom is -0.368 e. The van der Waals surface area contributed by atoms with Crippen LogP contribution < -0.4 is 5.32 Å². The molecule has 3 nitrogen and oxygen atoms in total. The lowest BCUT2D eigenvalue weighted by molar-refractivity contribution is 0.0165. The summed E-state index contributed by atoms with van der Waals surface area (Å²) < 4.78 is 5.93. The van der Waals surface area contributed by atoms with Crippen LogP contribution in [0.25, 0.3) is 0 Å². The third kappa shape index (κ3) is 3.56. The molecule has 0 bridgehead atoms. The second-order valence-corrected chi connectivity index (χ2v) is 6.58. The highest BCUT2D eigenvalue weighted by molar-refractivity contribution is 7.11. The van der Waals surface area contributed by atoms with Gasteiger partial charge < -0.3 is 10.1 Å². The number of nitrogens with one attached hydrogen (secondary N) is 1. The van der Waals surface area contributed by atoms with Crippen LogP contribution in [0, 0.1) is 0 Å². The van der Waals surface area contributed by atoms with E-state index < -0.39 is 0 Å². The number of rotatable bonds is 7. The van der Waals surface area contributed by atoms with Gasteiger partial charge in [0.25, 0.3) is 0 Å². The van der Waals surface area contributed by atoms with Crippen molar-refractivity contribution in [1.82, 2.24) is 10.3 Å². The molecule has 1 unspecified atom stereocenters. The normalized spacial score (nSPS) is 23.1. The number of ether oxygens (including phenoxy) is 1. The molecule has 1 aromatic rings. The topological polar surface area (TPSA) is 34.1 Å². The standard InChI is InChI=1S/C15H26N2OS/c1-4-7-12-13(11-16-9-5-2)19-14(17-12)15(3)8-6-10-18-15/h16H,4-11H2,1-3H3. The van der Waals surface area contributed by atoms with Crippen LogP contribution >= 0.6 is 11.3 Å². The lowest BCUT2D eigenvalue weighted by Gasteiger charge is -2.19. The largest absolute Gasteiger partial charge is 0.368 e. The second-order valence-electron chi connectivity index (χ2n) is 5.50. The first-order chi connectivity index (χ1) is 9.19. The van der Waals surface area contributed by atoms with Crippen LogP contribution in [0.3, 0.4) is 0 Å². The molecular weight excluding hydrogens is 256 g/mol. The first kappa shape index (κ1) is 14.9. The Labute approximate surface area is 120 Å². The van der Waals surface area contributed by atoms with E-state index in [0.717, 1.165) is 45.4 Å². The second kappa shape index (κ2) is 6.82. The Morgan fingerprint density at radius 3 is 2.84 bits per heavy atom. The fraction of sp³-hybridized carbons (Fsp3) is 0.800. The number of hydrogen-bond donors (Lipinski definition) is 1. The Hall–Kier alpha value is -0.450. The zero-order valence-corrected chi connectivity index (χ0v) is 13.2. The summed E-state index contributed by atoms with van der Waals surface area (Å²) in [7, 11) is 0. The van der Waals surface area contributed by atoms with Crippen LogP contribution in [-0.4, -0.2) is 18.1 Å². The molecule has 0 aromatic carbocycles. The molecule has 2 heterocycles. The lowest BCUT2D eigenvalue weighted by atomic mass is 10.0. The van der Waals surface area contributed by atoms with E-state index in [2.05, 4.69) is 26.1 Å². The highest BCUT2D eigenvalue weighted by Crippen LogP contribution is 2.38. The molecule has 4 heteroatoms. The van der Waals surface area contributed by atoms with Crippen molar-refractivity contribution >= 4 is 11.3 Å². The predicted molar refractivity (Wildman–Crippen MR) is 80.6 cm³/mol. The first-order valence-corrected chi connectivity index (χ1v) is 8.35. The van der Waals surface area contributed by atoms with Crippen molar-refractivity contribution < 1.29 is 4.74 Å². The summed E-state index contributed by atoms with van der Waals surface area (Å²) >= 11 is 1.85. The Morgan fingerprint density at radius 2 is 2.21 bits per heavy atom. The van der Waals surface area contributed by atoms with Crippen molar-refractivity contribution in [1.29, 1.82) is 0 Å². The Balaban J connectivity index is 2.14. The molecule has 0 radical (unpaired) electrons. The Morgan fingerprint density at radius 1 is 1.37 bits per heavy atom. The van der Waals surface area contributed by atoms with E-state index in [1.807, 2.05) is 11.3 Å². The first-order valence-electron chi connectivity index (χ1n) is 7.53. The summed E-state index contributed by atoms with van der Waals surface area (Å²) in [5.41, 5.74) is 1.15. The maximum Gasteiger partial charge on any atom is 0.125 e. The van der Waals surface area contributed by atoms with Gasteiger partial charge in [0.05, 0.1) is 5.69 Å². The predicted octanol–water partition coefficient (Wildman–Crippen LogP) is 3.62. The smallest absolute Gasteiger partial charge is 0.125 e. The van der Waals surface area contributed by atoms with E-state index in [9.17, 15) is 0 Å². The van der Waals surface area contributed by atoms with E-state index in [4.69, 9.17) is 9.72 Å². The molecular formula is C15H26N2OS. The van der Waals surface area contributed by atoms with Gasteiger partial charge in [0.2, 0.25) is 0 Å². The molecule has 19 heavy (non-hydrogen) atoms. The molecule has 0 saturated carbocycles. The van der Waals surface area contributed by atoms with Crippen LogP contribution in [0.4, 0.5) is 0 Å². The molecule has 1 aliphatic rings. The number of aromatic nitrogens is 1. The molecule has 1 saturated heterocycles. The number of thiazole rings is 1. The van der Waals surface area contributed by atoms with Gasteiger partial charge >= 0.3 is 0 Å². The molecule has 1 aromatic heterocycles. The summed E-state index contributed by atoms with van der Waals surface area (Å²) in [6.07, 6.45) is 5.67. The summed E-state index contributed by atoms with van der Waals surface area (Å²) in [5.74, 6) is 0. The molecule has 1 atom stereocenters. The van der Waals surface area contributed by atoms with E-state index in [0.29, 0.717) is 0 Å². The summed E-state index contributed by atoms with van der Waals surface area (Å²) in [4.78, 5) is 6.29. The Kier molecular flexibility index (Phi) is 5.37. The number of nitrogens with zero attached hydrogens (tertiary/aromatic N) is 1. The van der Waals surface area contributed by atoms with Gasteiger partial charge in [0.15, 0.2) is 0 Å². The van der Waals surface area contributed by atoms with Gasteiger partial charge in [0, 0.05) is 18.0 Å². The minimum atomic E-state index is -0.129. The van der Waals surface area contributed by atoms with Gasteiger partial charge in [-0.25, -0.2) is 4.98 Å². The third-order valence-electron chi connectivity index (χ3n) is 3.65. The van der Waals surface area contributed by atoms with Crippen molar-refractivity contribution in [3.63, 3.8) is 0 Å². The van der Waals surface area contributed by atoms with E-state index in [1.54, 1.807) is 0 Å². The van der Waals surface area contributed by atoms with E-state index >= 15 is 0 Å². The van der Waals surface area contributed by atoms with Gasteiger partial charge in [-0.1, -0.05) is 20.3 Å². The van der Waals surface area contributed by atoms with Crippen molar-refractivity contribution in [2.24, 2.45) is 0 Å². The van der Waals surface area contributed by atoms with E-state index in [-0.39, 0.29) is 5.60 Å². The number of aryl methyl sites for hydroxylation is 1. The van der Waals surface area contributed by atoms with Crippen molar-refractivity contribution in [3.8, 4) is 0 Å². The summed E-state index contributed by atoms with van der Waals surface area (Å²) in [5, 5.41) is 4.68. The Bertz CT molecular complexity index is 397. The third-order valence-corrected chi connectivity index (χ3v) is 4.99. The average molecular weight is 282 g/mol. The summed E-state index contributed by atoms with van der Waals surface area (Å²) in [6.45, 7) is 9.52. The van der Waals surface area contributed by atoms with Gasteiger partial charge in [-0.05, 0) is 39.2 Å². The molecule has 2 rings (SSSR count). The van der Waals surface area contributed by atoms with Crippen molar-refractivity contribution in [2.45, 2.75) is 65.0 Å². The van der Waals surface area contributed by atoms with Gasteiger partial charge in [-0.15, -0.1) is 11.3 Å². The monoisotopic (exact) mass is 282 g/mol. The van der Waals surface area contributed by atoms with Crippen molar-refractivity contribution in [2.75, 3.05) is 13.2 Å². The molecule has 0 amide bonds. The van der Waals surface area contributed by atoms with Gasteiger partial charge in [0.1, 0.15) is 10.6 Å². The van der Waals surface area contributed by atoms with E-state index in [1.165, 1.54) is 22.0 Å². The molecule has 0 aliphatic carbocycles. The van der Waals surface area contributed by atoms with Crippen molar-refractivity contribution in [3.05, 3.63) is 15.6 Å². The lowest BCUT2D eigenvalue weighted by Crippen LogP contribution is -2.19. The fourth-order valence-electron chi connectivity index (χ4n) is 2.51.